The van der Waals surface area contributed by atoms with Crippen LogP contribution in [-0.2, 0) is 11.3 Å². The summed E-state index contributed by atoms with van der Waals surface area (Å²) in [5.41, 5.74) is 1.96. The van der Waals surface area contributed by atoms with Crippen LogP contribution in [0.25, 0.3) is 10.9 Å². The van der Waals surface area contributed by atoms with Crippen LogP contribution in [0.1, 0.15) is 5.56 Å². The lowest BCUT2D eigenvalue weighted by Crippen LogP contribution is -2.08. The fraction of sp³-hybridized carbons (Fsp3) is 0.182. The number of fused-ring (bicyclic) bond motifs is 1. The fourth-order valence-electron chi connectivity index (χ4n) is 1.70. The molecule has 2 aromatic rings. The molecule has 1 aromatic carbocycles. The number of carboxylic acid groups (broad SMARTS) is 1. The van der Waals surface area contributed by atoms with E-state index in [1.165, 1.54) is 0 Å². The summed E-state index contributed by atoms with van der Waals surface area (Å²) < 4.78 is 1.59. The van der Waals surface area contributed by atoms with Gasteiger partial charge in [0.2, 0.25) is 0 Å². The molecule has 0 amide bonds. The van der Waals surface area contributed by atoms with Crippen molar-refractivity contribution >= 4 is 28.5 Å². The molecule has 0 aliphatic carbocycles. The average Bonchev–Trinajstić information content (AvgIpc) is 2.45. The molecule has 78 valence electrons. The van der Waals surface area contributed by atoms with Crippen LogP contribution in [0.2, 0.25) is 5.15 Å². The van der Waals surface area contributed by atoms with Gasteiger partial charge in [-0.25, -0.2) is 0 Å². The number of aromatic nitrogens is 1. The molecule has 0 radical (unpaired) electrons. The quantitative estimate of drug-likeness (QED) is 0.851. The van der Waals surface area contributed by atoms with Crippen LogP contribution < -0.4 is 0 Å². The van der Waals surface area contributed by atoms with Crippen molar-refractivity contribution in [3.8, 4) is 0 Å². The van der Waals surface area contributed by atoms with Gasteiger partial charge in [0, 0.05) is 5.39 Å². The molecular formula is C11H10ClNO2. The van der Waals surface area contributed by atoms with Crippen LogP contribution in [0.4, 0.5) is 0 Å². The molecule has 0 atom stereocenters. The zero-order valence-electron chi connectivity index (χ0n) is 8.20. The Morgan fingerprint density at radius 1 is 1.53 bits per heavy atom. The molecule has 0 aliphatic rings. The minimum atomic E-state index is -0.893. The molecule has 0 bridgehead atoms. The van der Waals surface area contributed by atoms with E-state index in [1.807, 2.05) is 25.1 Å². The Morgan fingerprint density at radius 3 is 2.93 bits per heavy atom. The molecule has 0 fully saturated rings. The number of carboxylic acids is 1. The van der Waals surface area contributed by atoms with Gasteiger partial charge in [-0.3, -0.25) is 4.79 Å². The van der Waals surface area contributed by atoms with Gasteiger partial charge in [-0.05, 0) is 24.6 Å². The van der Waals surface area contributed by atoms with Gasteiger partial charge in [0.05, 0.1) is 5.52 Å². The second-order valence-corrected chi connectivity index (χ2v) is 3.84. The molecule has 0 saturated heterocycles. The van der Waals surface area contributed by atoms with Crippen molar-refractivity contribution in [2.24, 2.45) is 0 Å². The number of nitrogens with zero attached hydrogens (tertiary/aromatic N) is 1. The third-order valence-corrected chi connectivity index (χ3v) is 2.72. The van der Waals surface area contributed by atoms with Gasteiger partial charge in [0.15, 0.2) is 0 Å². The van der Waals surface area contributed by atoms with Gasteiger partial charge in [0.1, 0.15) is 11.7 Å². The van der Waals surface area contributed by atoms with E-state index in [2.05, 4.69) is 0 Å². The van der Waals surface area contributed by atoms with E-state index in [0.717, 1.165) is 16.5 Å². The lowest BCUT2D eigenvalue weighted by molar-refractivity contribution is -0.137. The van der Waals surface area contributed by atoms with Crippen molar-refractivity contribution < 1.29 is 9.90 Å². The standard InChI is InChI=1S/C11H10ClNO2/c1-7-3-2-4-9-8(7)5-10(12)13(9)6-11(14)15/h2-5H,6H2,1H3,(H,14,15). The smallest absolute Gasteiger partial charge is 0.323 e. The first-order valence-corrected chi connectivity index (χ1v) is 4.93. The Kier molecular flexibility index (Phi) is 2.40. The van der Waals surface area contributed by atoms with Crippen LogP contribution in [0.5, 0.6) is 0 Å². The second-order valence-electron chi connectivity index (χ2n) is 3.45. The second kappa shape index (κ2) is 3.59. The van der Waals surface area contributed by atoms with Gasteiger partial charge in [-0.15, -0.1) is 0 Å². The summed E-state index contributed by atoms with van der Waals surface area (Å²) in [4.78, 5) is 10.7. The normalized spacial score (nSPS) is 10.8. The van der Waals surface area contributed by atoms with Crippen molar-refractivity contribution in [3.05, 3.63) is 35.0 Å². The van der Waals surface area contributed by atoms with E-state index in [4.69, 9.17) is 16.7 Å². The van der Waals surface area contributed by atoms with Gasteiger partial charge in [-0.1, -0.05) is 23.7 Å². The summed E-state index contributed by atoms with van der Waals surface area (Å²) in [5, 5.41) is 10.2. The molecule has 4 heteroatoms. The van der Waals surface area contributed by atoms with E-state index < -0.39 is 5.97 Å². The van der Waals surface area contributed by atoms with Crippen molar-refractivity contribution in [3.63, 3.8) is 0 Å². The highest BCUT2D eigenvalue weighted by Crippen LogP contribution is 2.25. The highest BCUT2D eigenvalue weighted by Gasteiger charge is 2.10. The summed E-state index contributed by atoms with van der Waals surface area (Å²) in [5.74, 6) is -0.893. The summed E-state index contributed by atoms with van der Waals surface area (Å²) in [7, 11) is 0. The van der Waals surface area contributed by atoms with Crippen molar-refractivity contribution in [2.45, 2.75) is 13.5 Å². The predicted octanol–water partition coefficient (Wildman–Crippen LogP) is 2.69. The third-order valence-electron chi connectivity index (χ3n) is 2.41. The summed E-state index contributed by atoms with van der Waals surface area (Å²) in [6.45, 7) is 1.87. The largest absolute Gasteiger partial charge is 0.480 e. The number of halogens is 1. The number of carbonyl (C=O) groups is 1. The van der Waals surface area contributed by atoms with E-state index in [-0.39, 0.29) is 6.54 Å². The van der Waals surface area contributed by atoms with Gasteiger partial charge in [-0.2, -0.15) is 0 Å². The number of hydrogen-bond donors (Lipinski definition) is 1. The van der Waals surface area contributed by atoms with Crippen LogP contribution >= 0.6 is 11.6 Å². The van der Waals surface area contributed by atoms with E-state index in [1.54, 1.807) is 10.6 Å². The zero-order valence-corrected chi connectivity index (χ0v) is 8.95. The molecule has 2 rings (SSSR count). The fourth-order valence-corrected chi connectivity index (χ4v) is 1.96. The molecule has 3 nitrogen and oxygen atoms in total. The number of aliphatic carboxylic acids is 1. The first-order chi connectivity index (χ1) is 7.09. The molecule has 15 heavy (non-hydrogen) atoms. The molecule has 0 spiro atoms. The van der Waals surface area contributed by atoms with E-state index in [0.29, 0.717) is 5.15 Å². The van der Waals surface area contributed by atoms with E-state index >= 15 is 0 Å². The maximum atomic E-state index is 10.7. The van der Waals surface area contributed by atoms with Gasteiger partial charge >= 0.3 is 5.97 Å². The van der Waals surface area contributed by atoms with Crippen molar-refractivity contribution in [1.82, 2.24) is 4.57 Å². The Balaban J connectivity index is 2.68. The molecule has 1 aromatic heterocycles. The third kappa shape index (κ3) is 1.70. The number of aryl methyl sites for hydroxylation is 1. The zero-order chi connectivity index (χ0) is 11.0. The monoisotopic (exact) mass is 223 g/mol. The topological polar surface area (TPSA) is 42.2 Å². The Bertz CT molecular complexity index is 531. The predicted molar refractivity (Wildman–Crippen MR) is 59.3 cm³/mol. The highest BCUT2D eigenvalue weighted by atomic mass is 35.5. The maximum absolute atomic E-state index is 10.7. The SMILES string of the molecule is Cc1cccc2c1cc(Cl)n2CC(=O)O. The average molecular weight is 224 g/mol. The van der Waals surface area contributed by atoms with Crippen LogP contribution in [0, 0.1) is 6.92 Å². The first kappa shape index (κ1) is 10.1. The minimum absolute atomic E-state index is 0.105. The van der Waals surface area contributed by atoms with E-state index in [9.17, 15) is 4.79 Å². The first-order valence-electron chi connectivity index (χ1n) is 4.56. The minimum Gasteiger partial charge on any atom is -0.480 e. The van der Waals surface area contributed by atoms with Gasteiger partial charge < -0.3 is 9.67 Å². The maximum Gasteiger partial charge on any atom is 0.323 e. The lowest BCUT2D eigenvalue weighted by atomic mass is 10.1. The molecule has 1 N–H and O–H groups in total. The highest BCUT2D eigenvalue weighted by molar-refractivity contribution is 6.31. The Hall–Kier alpha value is -1.48. The lowest BCUT2D eigenvalue weighted by Gasteiger charge is -2.03. The Labute approximate surface area is 91.9 Å². The Morgan fingerprint density at radius 2 is 2.27 bits per heavy atom. The summed E-state index contributed by atoms with van der Waals surface area (Å²) in [6.07, 6.45) is 0. The molecule has 0 unspecified atom stereocenters. The number of benzene rings is 1. The van der Waals surface area contributed by atoms with Crippen LogP contribution in [-0.4, -0.2) is 15.6 Å². The van der Waals surface area contributed by atoms with Crippen LogP contribution in [0.3, 0.4) is 0 Å². The van der Waals surface area contributed by atoms with Crippen molar-refractivity contribution in [1.29, 1.82) is 0 Å². The number of hydrogen-bond acceptors (Lipinski definition) is 1. The van der Waals surface area contributed by atoms with Crippen molar-refractivity contribution in [2.75, 3.05) is 0 Å². The summed E-state index contributed by atoms with van der Waals surface area (Å²) >= 11 is 5.98. The molecule has 0 aliphatic heterocycles. The summed E-state index contributed by atoms with van der Waals surface area (Å²) in [6, 6.07) is 7.54. The van der Waals surface area contributed by atoms with Gasteiger partial charge in [0.25, 0.3) is 0 Å². The molecule has 1 heterocycles. The van der Waals surface area contributed by atoms with Crippen LogP contribution in [0.15, 0.2) is 24.3 Å². The molecule has 0 saturated carbocycles. The number of rotatable bonds is 2. The molecular weight excluding hydrogens is 214 g/mol.